The molecule has 0 aliphatic carbocycles. The van der Waals surface area contributed by atoms with Crippen molar-refractivity contribution in [1.82, 2.24) is 19.1 Å². The van der Waals surface area contributed by atoms with E-state index < -0.39 is 0 Å². The molecule has 10 nitrogen and oxygen atoms in total. The summed E-state index contributed by atoms with van der Waals surface area (Å²) in [4.78, 5) is 39.9. The summed E-state index contributed by atoms with van der Waals surface area (Å²) >= 11 is 0. The Hall–Kier alpha value is -5.90. The lowest BCUT2D eigenvalue weighted by Gasteiger charge is -2.18. The largest absolute Gasteiger partial charge is 0.328 e. The van der Waals surface area contributed by atoms with Crippen LogP contribution in [0.15, 0.2) is 107 Å². The number of nitrogens with zero attached hydrogens (tertiary/aromatic N) is 8. The van der Waals surface area contributed by atoms with E-state index >= 15 is 0 Å². The average molecular weight is 691 g/mol. The third-order valence-corrected chi connectivity index (χ3v) is 10.5. The average Bonchev–Trinajstić information content (AvgIpc) is 3.95. The molecule has 2 aromatic heterocycles. The Morgan fingerprint density at radius 3 is 1.37 bits per heavy atom. The second kappa shape index (κ2) is 13.7. The van der Waals surface area contributed by atoms with E-state index in [9.17, 15) is 9.59 Å². The van der Waals surface area contributed by atoms with Gasteiger partial charge in [0.25, 0.3) is 0 Å². The highest BCUT2D eigenvalue weighted by Gasteiger charge is 2.36. The van der Waals surface area contributed by atoms with Crippen molar-refractivity contribution in [2.24, 2.45) is 10.2 Å². The highest BCUT2D eigenvalue weighted by molar-refractivity contribution is 6.03. The minimum Gasteiger partial charge on any atom is -0.328 e. The number of rotatable bonds is 9. The van der Waals surface area contributed by atoms with Crippen molar-refractivity contribution in [3.8, 4) is 0 Å². The van der Waals surface area contributed by atoms with Gasteiger partial charge in [-0.25, -0.2) is 9.97 Å². The van der Waals surface area contributed by atoms with Gasteiger partial charge in [-0.3, -0.25) is 9.59 Å². The molecular weight excluding hydrogens is 649 g/mol. The first-order valence-electron chi connectivity index (χ1n) is 18.1. The number of para-hydroxylation sites is 4. The number of carbonyl (C=O) groups excluding carboxylic acids is 2. The molecule has 262 valence electrons. The van der Waals surface area contributed by atoms with Crippen molar-refractivity contribution in [3.05, 3.63) is 120 Å². The Bertz CT molecular complexity index is 2200. The number of carbonyl (C=O) groups is 2. The molecule has 0 radical (unpaired) electrons. The number of aryl methyl sites for hydroxylation is 2. The van der Waals surface area contributed by atoms with Crippen LogP contribution in [-0.2, 0) is 22.7 Å². The van der Waals surface area contributed by atoms with Crippen LogP contribution in [0.4, 0.5) is 11.4 Å². The van der Waals surface area contributed by atoms with Crippen LogP contribution < -0.4 is 9.80 Å². The van der Waals surface area contributed by atoms with Crippen LogP contribution in [0.2, 0.25) is 0 Å². The lowest BCUT2D eigenvalue weighted by atomic mass is 10.1. The molecule has 10 heteroatoms. The first-order chi connectivity index (χ1) is 25.3. The lowest BCUT2D eigenvalue weighted by molar-refractivity contribution is -0.118. The van der Waals surface area contributed by atoms with Crippen LogP contribution in [0.1, 0.15) is 75.1 Å². The van der Waals surface area contributed by atoms with Gasteiger partial charge < -0.3 is 18.9 Å². The van der Waals surface area contributed by atoms with Gasteiger partial charge >= 0.3 is 0 Å². The first kappa shape index (κ1) is 33.3. The summed E-state index contributed by atoms with van der Waals surface area (Å²) in [6.07, 6.45) is 0.885. The number of imidazole rings is 2. The van der Waals surface area contributed by atoms with Crippen molar-refractivity contribution in [1.29, 1.82) is 0 Å². The number of fused-ring (bicyclic) bond motifs is 2. The van der Waals surface area contributed by atoms with Crippen molar-refractivity contribution in [2.75, 3.05) is 22.9 Å². The third-order valence-electron chi connectivity index (χ3n) is 10.5. The van der Waals surface area contributed by atoms with E-state index in [0.717, 1.165) is 80.7 Å². The molecule has 0 N–H and O–H groups in total. The van der Waals surface area contributed by atoms with Gasteiger partial charge in [0, 0.05) is 62.2 Å². The molecule has 2 amide bonds. The molecular formula is C42H42N8O2. The highest BCUT2D eigenvalue weighted by Crippen LogP contribution is 2.35. The maximum atomic E-state index is 13.2. The fourth-order valence-corrected chi connectivity index (χ4v) is 7.77. The van der Waals surface area contributed by atoms with Crippen LogP contribution in [0.5, 0.6) is 0 Å². The number of benzene rings is 4. The van der Waals surface area contributed by atoms with E-state index in [1.165, 1.54) is 0 Å². The number of aromatic nitrogens is 4. The fourth-order valence-electron chi connectivity index (χ4n) is 7.77. The van der Waals surface area contributed by atoms with E-state index in [1.54, 1.807) is 0 Å². The molecule has 2 unspecified atom stereocenters. The standard InChI is InChI=1S/C42H42N8O2/c1-5-47-37-13-9-7-11-35(37)43-41(47)31-23-39(51)49(25-31)33-19-15-29(16-20-33)27(3)45-46-28(4)30-17-21-34(22-18-30)50-26-32(24-40(50)52)42-44-36-12-8-10-14-38(36)48(42)6-2/h7-22,31-32H,5-6,23-26H2,1-4H3. The number of hydrogen-bond donors (Lipinski definition) is 0. The lowest BCUT2D eigenvalue weighted by Crippen LogP contribution is -2.24. The smallest absolute Gasteiger partial charge is 0.227 e. The summed E-state index contributed by atoms with van der Waals surface area (Å²) in [5.41, 5.74) is 9.32. The minimum atomic E-state index is 0.0408. The number of amides is 2. The van der Waals surface area contributed by atoms with Gasteiger partial charge in [0.15, 0.2) is 0 Å². The van der Waals surface area contributed by atoms with Crippen molar-refractivity contribution in [3.63, 3.8) is 0 Å². The van der Waals surface area contributed by atoms with Crippen LogP contribution in [0, 0.1) is 0 Å². The number of hydrogen-bond acceptors (Lipinski definition) is 6. The molecule has 2 saturated heterocycles. The van der Waals surface area contributed by atoms with Gasteiger partial charge in [0.05, 0.1) is 33.5 Å². The summed E-state index contributed by atoms with van der Waals surface area (Å²) < 4.78 is 4.46. The Kier molecular flexibility index (Phi) is 8.74. The van der Waals surface area contributed by atoms with Crippen LogP contribution >= 0.6 is 0 Å². The predicted molar refractivity (Wildman–Crippen MR) is 208 cm³/mol. The Morgan fingerprint density at radius 2 is 0.981 bits per heavy atom. The Balaban J connectivity index is 0.922. The fraction of sp³-hybridized carbons (Fsp3) is 0.286. The summed E-state index contributed by atoms with van der Waals surface area (Å²) in [6.45, 7) is 10.9. The zero-order valence-corrected chi connectivity index (χ0v) is 30.0. The third kappa shape index (κ3) is 5.97. The van der Waals surface area contributed by atoms with E-state index in [0.29, 0.717) is 25.9 Å². The Labute approximate surface area is 303 Å². The molecule has 6 aromatic rings. The van der Waals surface area contributed by atoms with Gasteiger partial charge in [0.1, 0.15) is 11.6 Å². The molecule has 4 heterocycles. The summed E-state index contributed by atoms with van der Waals surface area (Å²) in [5.74, 6) is 2.25. The second-order valence-corrected chi connectivity index (χ2v) is 13.7. The molecule has 8 rings (SSSR count). The minimum absolute atomic E-state index is 0.0408. The van der Waals surface area contributed by atoms with Crippen molar-refractivity contribution in [2.45, 2.75) is 65.5 Å². The monoisotopic (exact) mass is 690 g/mol. The van der Waals surface area contributed by atoms with Gasteiger partial charge in [0.2, 0.25) is 11.8 Å². The molecule has 2 aliphatic heterocycles. The highest BCUT2D eigenvalue weighted by atomic mass is 16.2. The maximum Gasteiger partial charge on any atom is 0.227 e. The Morgan fingerprint density at radius 1 is 0.596 bits per heavy atom. The van der Waals surface area contributed by atoms with E-state index in [2.05, 4.69) is 45.3 Å². The van der Waals surface area contributed by atoms with Gasteiger partial charge in [-0.2, -0.15) is 10.2 Å². The van der Waals surface area contributed by atoms with Gasteiger partial charge in [-0.05, 0) is 87.4 Å². The second-order valence-electron chi connectivity index (χ2n) is 13.7. The first-order valence-corrected chi connectivity index (χ1v) is 18.1. The van der Waals surface area contributed by atoms with E-state index in [1.807, 2.05) is 109 Å². The molecule has 4 aromatic carbocycles. The van der Waals surface area contributed by atoms with Crippen LogP contribution in [0.25, 0.3) is 22.1 Å². The topological polar surface area (TPSA) is 101 Å². The molecule has 0 saturated carbocycles. The van der Waals surface area contributed by atoms with Crippen molar-refractivity contribution >= 4 is 56.7 Å². The van der Waals surface area contributed by atoms with Crippen molar-refractivity contribution < 1.29 is 9.59 Å². The maximum absolute atomic E-state index is 13.2. The zero-order valence-electron chi connectivity index (χ0n) is 30.0. The molecule has 2 atom stereocenters. The van der Waals surface area contributed by atoms with E-state index in [4.69, 9.17) is 9.97 Å². The molecule has 0 bridgehead atoms. The molecule has 0 spiro atoms. The summed E-state index contributed by atoms with van der Waals surface area (Å²) in [5, 5.41) is 9.07. The summed E-state index contributed by atoms with van der Waals surface area (Å²) in [7, 11) is 0. The SMILES string of the molecule is CCn1c(C2CC(=O)N(c3ccc(C(C)=NN=C(C)c4ccc(N5CC(c6nc7ccccc7n6CC)CC5=O)cc4)cc3)C2)nc2ccccc21. The zero-order chi connectivity index (χ0) is 35.9. The number of anilines is 2. The van der Waals surface area contributed by atoms with E-state index in [-0.39, 0.29) is 23.7 Å². The normalized spacial score (nSPS) is 18.5. The van der Waals surface area contributed by atoms with Crippen LogP contribution in [0.3, 0.4) is 0 Å². The van der Waals surface area contributed by atoms with Crippen LogP contribution in [-0.4, -0.2) is 55.4 Å². The summed E-state index contributed by atoms with van der Waals surface area (Å²) in [6, 6.07) is 32.2. The molecule has 2 fully saturated rings. The molecule has 2 aliphatic rings. The predicted octanol–water partition coefficient (Wildman–Crippen LogP) is 7.70. The molecule has 52 heavy (non-hydrogen) atoms. The van der Waals surface area contributed by atoms with Gasteiger partial charge in [-0.1, -0.05) is 48.5 Å². The quantitative estimate of drug-likeness (QED) is 0.115. The van der Waals surface area contributed by atoms with Gasteiger partial charge in [-0.15, -0.1) is 0 Å².